The molecule has 0 aliphatic heterocycles. The van der Waals surface area contributed by atoms with Gasteiger partial charge in [-0.05, 0) is 36.4 Å². The third kappa shape index (κ3) is 3.20. The number of hydrogen-bond donors (Lipinski definition) is 2. The van der Waals surface area contributed by atoms with Crippen LogP contribution >= 0.6 is 15.9 Å². The molecule has 0 unspecified atom stereocenters. The molecule has 0 atom stereocenters. The van der Waals surface area contributed by atoms with E-state index < -0.39 is 12.2 Å². The van der Waals surface area contributed by atoms with Crippen LogP contribution in [0.3, 0.4) is 0 Å². The molecule has 0 heterocycles. The van der Waals surface area contributed by atoms with E-state index in [1.165, 1.54) is 36.4 Å². The molecule has 0 saturated carbocycles. The largest absolute Gasteiger partial charge is 0.399 e. The lowest BCUT2D eigenvalue weighted by Crippen LogP contribution is -2.00. The molecule has 19 heavy (non-hydrogen) atoms. The second-order valence-electron chi connectivity index (χ2n) is 3.90. The van der Waals surface area contributed by atoms with Crippen LogP contribution in [-0.4, -0.2) is 0 Å². The Morgan fingerprint density at radius 1 is 1.05 bits per heavy atom. The second-order valence-corrected chi connectivity index (χ2v) is 4.81. The molecular weight excluding hydrogens is 321 g/mol. The van der Waals surface area contributed by atoms with Gasteiger partial charge in [-0.1, -0.05) is 15.9 Å². The minimum absolute atomic E-state index is 0.112. The highest BCUT2D eigenvalue weighted by molar-refractivity contribution is 9.10. The Hall–Kier alpha value is -1.69. The van der Waals surface area contributed by atoms with Gasteiger partial charge in [0.25, 0.3) is 6.43 Å². The Balaban J connectivity index is 2.40. The first-order valence-corrected chi connectivity index (χ1v) is 6.16. The molecule has 0 radical (unpaired) electrons. The number of nitrogen functional groups attached to an aromatic ring is 1. The van der Waals surface area contributed by atoms with Crippen molar-refractivity contribution in [1.29, 1.82) is 0 Å². The number of alkyl halides is 2. The summed E-state index contributed by atoms with van der Waals surface area (Å²) >= 11 is 3.19. The van der Waals surface area contributed by atoms with Crippen molar-refractivity contribution >= 4 is 33.0 Å². The van der Waals surface area contributed by atoms with E-state index in [2.05, 4.69) is 21.2 Å². The van der Waals surface area contributed by atoms with Gasteiger partial charge in [-0.2, -0.15) is 0 Å². The predicted molar refractivity (Wildman–Crippen MR) is 73.2 cm³/mol. The van der Waals surface area contributed by atoms with Crippen molar-refractivity contribution in [2.24, 2.45) is 0 Å². The van der Waals surface area contributed by atoms with Crippen LogP contribution in [0.1, 0.15) is 12.0 Å². The lowest BCUT2D eigenvalue weighted by Gasteiger charge is -2.13. The Bertz CT molecular complexity index is 602. The first kappa shape index (κ1) is 13.7. The summed E-state index contributed by atoms with van der Waals surface area (Å²) in [4.78, 5) is 0. The zero-order valence-electron chi connectivity index (χ0n) is 9.63. The highest BCUT2D eigenvalue weighted by Crippen LogP contribution is 2.32. The summed E-state index contributed by atoms with van der Waals surface area (Å²) in [5, 5.41) is 2.65. The van der Waals surface area contributed by atoms with Gasteiger partial charge in [-0.15, -0.1) is 0 Å². The number of anilines is 3. The van der Waals surface area contributed by atoms with Crippen LogP contribution in [0, 0.1) is 5.82 Å². The molecular formula is C13H10BrF3N2. The average molecular weight is 331 g/mol. The molecule has 2 rings (SSSR count). The molecule has 3 N–H and O–H groups in total. The van der Waals surface area contributed by atoms with Gasteiger partial charge in [0.2, 0.25) is 0 Å². The molecule has 0 fully saturated rings. The van der Waals surface area contributed by atoms with E-state index in [4.69, 9.17) is 5.73 Å². The topological polar surface area (TPSA) is 38.0 Å². The van der Waals surface area contributed by atoms with Crippen LogP contribution in [0.4, 0.5) is 30.2 Å². The highest BCUT2D eigenvalue weighted by Gasteiger charge is 2.14. The minimum atomic E-state index is -2.69. The van der Waals surface area contributed by atoms with Gasteiger partial charge in [0, 0.05) is 21.4 Å². The van der Waals surface area contributed by atoms with Crippen LogP contribution in [0.25, 0.3) is 0 Å². The van der Waals surface area contributed by atoms with Gasteiger partial charge in [0.05, 0.1) is 5.69 Å². The summed E-state index contributed by atoms with van der Waals surface area (Å²) in [6.07, 6.45) is -2.69. The maximum atomic E-state index is 13.6. The van der Waals surface area contributed by atoms with Crippen molar-refractivity contribution < 1.29 is 13.2 Å². The monoisotopic (exact) mass is 330 g/mol. The Labute approximate surface area is 116 Å². The maximum Gasteiger partial charge on any atom is 0.265 e. The Morgan fingerprint density at radius 3 is 2.47 bits per heavy atom. The molecule has 0 aliphatic rings. The van der Waals surface area contributed by atoms with Crippen molar-refractivity contribution in [1.82, 2.24) is 0 Å². The Kier molecular flexibility index (Phi) is 3.99. The van der Waals surface area contributed by atoms with Crippen molar-refractivity contribution in [3.05, 3.63) is 52.3 Å². The second kappa shape index (κ2) is 5.52. The van der Waals surface area contributed by atoms with E-state index in [1.54, 1.807) is 0 Å². The third-order valence-electron chi connectivity index (χ3n) is 2.51. The summed E-state index contributed by atoms with van der Waals surface area (Å²) in [5.74, 6) is -0.528. The van der Waals surface area contributed by atoms with Gasteiger partial charge in [0.15, 0.2) is 0 Å². The number of halogens is 4. The fraction of sp³-hybridized carbons (Fsp3) is 0.0769. The fourth-order valence-corrected chi connectivity index (χ4v) is 1.98. The van der Waals surface area contributed by atoms with E-state index in [0.29, 0.717) is 4.47 Å². The third-order valence-corrected chi connectivity index (χ3v) is 3.00. The van der Waals surface area contributed by atoms with E-state index >= 15 is 0 Å². The quantitative estimate of drug-likeness (QED) is 0.789. The van der Waals surface area contributed by atoms with Gasteiger partial charge in [-0.3, -0.25) is 0 Å². The van der Waals surface area contributed by atoms with Gasteiger partial charge >= 0.3 is 0 Å². The average Bonchev–Trinajstić information content (AvgIpc) is 2.35. The van der Waals surface area contributed by atoms with Crippen LogP contribution in [0.5, 0.6) is 0 Å². The Morgan fingerprint density at radius 2 is 1.79 bits per heavy atom. The first-order chi connectivity index (χ1) is 8.97. The summed E-state index contributed by atoms with van der Waals surface area (Å²) < 4.78 is 40.0. The number of hydrogen-bond acceptors (Lipinski definition) is 2. The van der Waals surface area contributed by atoms with Crippen LogP contribution in [0.15, 0.2) is 40.9 Å². The smallest absolute Gasteiger partial charge is 0.265 e. The van der Waals surface area contributed by atoms with E-state index in [9.17, 15) is 13.2 Å². The number of nitrogens with one attached hydrogen (secondary N) is 1. The molecule has 2 aromatic carbocycles. The molecule has 100 valence electrons. The van der Waals surface area contributed by atoms with Crippen molar-refractivity contribution in [3.8, 4) is 0 Å². The molecule has 0 spiro atoms. The van der Waals surface area contributed by atoms with Gasteiger partial charge < -0.3 is 11.1 Å². The number of benzene rings is 2. The van der Waals surface area contributed by atoms with Crippen LogP contribution in [-0.2, 0) is 0 Å². The predicted octanol–water partition coefficient (Wildman–Crippen LogP) is 4.85. The van der Waals surface area contributed by atoms with Crippen LogP contribution < -0.4 is 11.1 Å². The zero-order valence-corrected chi connectivity index (χ0v) is 11.2. The van der Waals surface area contributed by atoms with Crippen molar-refractivity contribution in [3.63, 3.8) is 0 Å². The summed E-state index contributed by atoms with van der Waals surface area (Å²) in [7, 11) is 0. The normalized spacial score (nSPS) is 10.8. The van der Waals surface area contributed by atoms with Gasteiger partial charge in [0.1, 0.15) is 5.82 Å². The van der Waals surface area contributed by atoms with E-state index in [0.717, 1.165) is 0 Å². The molecule has 0 bridgehead atoms. The molecule has 6 heteroatoms. The number of nitrogens with two attached hydrogens (primary N) is 1. The van der Waals surface area contributed by atoms with Crippen molar-refractivity contribution in [2.75, 3.05) is 11.1 Å². The lowest BCUT2D eigenvalue weighted by atomic mass is 10.1. The highest BCUT2D eigenvalue weighted by atomic mass is 79.9. The zero-order chi connectivity index (χ0) is 14.0. The molecule has 0 aromatic heterocycles. The minimum Gasteiger partial charge on any atom is -0.399 e. The molecule has 2 nitrogen and oxygen atoms in total. The standard InChI is InChI=1S/C13H10BrF3N2/c14-7-1-3-10(15)12(5-7)19-11-4-2-8(18)6-9(11)13(16)17/h1-6,13,19H,18H2. The SMILES string of the molecule is Nc1ccc(Nc2cc(Br)ccc2F)c(C(F)F)c1. The lowest BCUT2D eigenvalue weighted by molar-refractivity contribution is 0.152. The summed E-state index contributed by atoms with van der Waals surface area (Å²) in [5.41, 5.74) is 5.68. The van der Waals surface area contributed by atoms with Gasteiger partial charge in [-0.25, -0.2) is 13.2 Å². The van der Waals surface area contributed by atoms with E-state index in [-0.39, 0.29) is 22.6 Å². The maximum absolute atomic E-state index is 13.6. The van der Waals surface area contributed by atoms with Crippen molar-refractivity contribution in [2.45, 2.75) is 6.43 Å². The van der Waals surface area contributed by atoms with Crippen LogP contribution in [0.2, 0.25) is 0 Å². The molecule has 2 aromatic rings. The first-order valence-electron chi connectivity index (χ1n) is 5.37. The van der Waals surface area contributed by atoms with E-state index in [1.807, 2.05) is 0 Å². The molecule has 0 amide bonds. The summed E-state index contributed by atoms with van der Waals surface area (Å²) in [6, 6.07) is 8.29. The number of rotatable bonds is 3. The fourth-order valence-electron chi connectivity index (χ4n) is 1.61. The summed E-state index contributed by atoms with van der Waals surface area (Å²) in [6.45, 7) is 0. The molecule has 0 aliphatic carbocycles. The molecule has 0 saturated heterocycles.